The van der Waals surface area contributed by atoms with Crippen LogP contribution < -0.4 is 10.5 Å². The lowest BCUT2D eigenvalue weighted by molar-refractivity contribution is 0.162. The minimum Gasteiger partial charge on any atom is -0.399 e. The summed E-state index contributed by atoms with van der Waals surface area (Å²) >= 11 is 0. The number of hydrogen-bond donors (Lipinski definition) is 2. The van der Waals surface area contributed by atoms with Crippen LogP contribution >= 0.6 is 0 Å². The van der Waals surface area contributed by atoms with E-state index in [0.29, 0.717) is 25.3 Å². The molecule has 1 aromatic carbocycles. The molecule has 1 rings (SSSR count). The molecular weight excluding hydrogens is 276 g/mol. The van der Waals surface area contributed by atoms with E-state index in [1.807, 2.05) is 13.8 Å². The van der Waals surface area contributed by atoms with Gasteiger partial charge in [-0.15, -0.1) is 0 Å². The molecule has 0 radical (unpaired) electrons. The number of sulfonamides is 1. The topological polar surface area (TPSA) is 81.4 Å². The Labute approximate surface area is 120 Å². The molecule has 0 aliphatic carbocycles. The Bertz CT molecular complexity index is 568. The lowest BCUT2D eigenvalue weighted by Crippen LogP contribution is -2.28. The molecule has 3 N–H and O–H groups in total. The van der Waals surface area contributed by atoms with Crippen LogP contribution in [0.15, 0.2) is 35.2 Å². The molecule has 0 amide bonds. The average Bonchev–Trinajstić information content (AvgIpc) is 2.37. The van der Waals surface area contributed by atoms with Gasteiger partial charge in [-0.25, -0.2) is 13.1 Å². The number of ether oxygens (including phenoxy) is 1. The van der Waals surface area contributed by atoms with Crippen LogP contribution in [-0.4, -0.2) is 28.2 Å². The van der Waals surface area contributed by atoms with Gasteiger partial charge in [0, 0.05) is 12.2 Å². The zero-order valence-electron chi connectivity index (χ0n) is 12.0. The highest BCUT2D eigenvalue weighted by molar-refractivity contribution is 7.89. The van der Waals surface area contributed by atoms with E-state index in [-0.39, 0.29) is 11.4 Å². The van der Waals surface area contributed by atoms with E-state index < -0.39 is 10.0 Å². The van der Waals surface area contributed by atoms with Crippen LogP contribution in [0.2, 0.25) is 0 Å². The van der Waals surface area contributed by atoms with E-state index in [9.17, 15) is 8.42 Å². The molecule has 1 aromatic rings. The lowest BCUT2D eigenvalue weighted by Gasteiger charge is -2.11. The molecule has 0 bridgehead atoms. The van der Waals surface area contributed by atoms with Gasteiger partial charge in [0.2, 0.25) is 10.0 Å². The van der Waals surface area contributed by atoms with Crippen molar-refractivity contribution in [3.05, 3.63) is 35.9 Å². The predicted octanol–water partition coefficient (Wildman–Crippen LogP) is 1.70. The minimum absolute atomic E-state index is 0.216. The zero-order valence-corrected chi connectivity index (χ0v) is 12.8. The first-order chi connectivity index (χ1) is 9.36. The molecule has 5 nitrogen and oxygen atoms in total. The lowest BCUT2D eigenvalue weighted by atomic mass is 10.1. The Kier molecular flexibility index (Phi) is 6.19. The standard InChI is InChI=1S/C14H22N2O3S/c1-4-12-5-6-13(15)9-14(12)20(17,18)16-7-8-19-10-11(2)3/h5-6,9,16H,2,4,7-8,10,15H2,1,3H3. The number of nitrogens with one attached hydrogen (secondary N) is 1. The van der Waals surface area contributed by atoms with Gasteiger partial charge in [-0.2, -0.15) is 0 Å². The molecule has 0 spiro atoms. The van der Waals surface area contributed by atoms with Crippen molar-refractivity contribution in [1.29, 1.82) is 0 Å². The number of rotatable bonds is 8. The Morgan fingerprint density at radius 3 is 2.75 bits per heavy atom. The number of benzene rings is 1. The minimum atomic E-state index is -3.56. The largest absolute Gasteiger partial charge is 0.399 e. The molecule has 20 heavy (non-hydrogen) atoms. The third-order valence-electron chi connectivity index (χ3n) is 2.65. The fourth-order valence-corrected chi connectivity index (χ4v) is 3.04. The molecule has 0 fully saturated rings. The number of aryl methyl sites for hydroxylation is 1. The highest BCUT2D eigenvalue weighted by Crippen LogP contribution is 2.19. The monoisotopic (exact) mass is 298 g/mol. The van der Waals surface area contributed by atoms with Crippen molar-refractivity contribution in [2.24, 2.45) is 0 Å². The van der Waals surface area contributed by atoms with Crippen molar-refractivity contribution in [3.63, 3.8) is 0 Å². The maximum Gasteiger partial charge on any atom is 0.240 e. The van der Waals surface area contributed by atoms with Gasteiger partial charge in [0.15, 0.2) is 0 Å². The summed E-state index contributed by atoms with van der Waals surface area (Å²) in [5.41, 5.74) is 7.74. The molecule has 0 unspecified atom stereocenters. The fraction of sp³-hybridized carbons (Fsp3) is 0.429. The molecule has 0 saturated heterocycles. The maximum atomic E-state index is 12.2. The van der Waals surface area contributed by atoms with Crippen LogP contribution in [0.5, 0.6) is 0 Å². The Hall–Kier alpha value is -1.37. The summed E-state index contributed by atoms with van der Waals surface area (Å²) in [7, 11) is -3.56. The van der Waals surface area contributed by atoms with Gasteiger partial charge in [-0.3, -0.25) is 0 Å². The van der Waals surface area contributed by atoms with Crippen molar-refractivity contribution in [2.45, 2.75) is 25.2 Å². The Morgan fingerprint density at radius 2 is 2.15 bits per heavy atom. The second kappa shape index (κ2) is 7.42. The van der Waals surface area contributed by atoms with Gasteiger partial charge in [-0.1, -0.05) is 25.1 Å². The number of anilines is 1. The summed E-state index contributed by atoms with van der Waals surface area (Å²) in [5.74, 6) is 0. The Balaban J connectivity index is 2.69. The fourth-order valence-electron chi connectivity index (χ4n) is 1.69. The van der Waals surface area contributed by atoms with Crippen molar-refractivity contribution >= 4 is 15.7 Å². The molecule has 0 aliphatic heterocycles. The van der Waals surface area contributed by atoms with Crippen LogP contribution in [0.25, 0.3) is 0 Å². The smallest absolute Gasteiger partial charge is 0.240 e. The van der Waals surface area contributed by atoms with E-state index in [2.05, 4.69) is 11.3 Å². The maximum absolute atomic E-state index is 12.2. The summed E-state index contributed by atoms with van der Waals surface area (Å²) in [6, 6.07) is 4.92. The van der Waals surface area contributed by atoms with Crippen LogP contribution in [0.1, 0.15) is 19.4 Å². The predicted molar refractivity (Wildman–Crippen MR) is 81.1 cm³/mol. The quantitative estimate of drug-likeness (QED) is 0.435. The van der Waals surface area contributed by atoms with Crippen molar-refractivity contribution in [1.82, 2.24) is 4.72 Å². The zero-order chi connectivity index (χ0) is 15.2. The summed E-state index contributed by atoms with van der Waals surface area (Å²) in [5, 5.41) is 0. The third kappa shape index (κ3) is 4.96. The van der Waals surface area contributed by atoms with Gasteiger partial charge in [0.25, 0.3) is 0 Å². The van der Waals surface area contributed by atoms with E-state index in [1.165, 1.54) is 6.07 Å². The van der Waals surface area contributed by atoms with Gasteiger partial charge >= 0.3 is 0 Å². The highest BCUT2D eigenvalue weighted by Gasteiger charge is 2.17. The van der Waals surface area contributed by atoms with Gasteiger partial charge < -0.3 is 10.5 Å². The summed E-state index contributed by atoms with van der Waals surface area (Å²) in [6.45, 7) is 8.41. The first-order valence-corrected chi connectivity index (χ1v) is 7.95. The molecule has 112 valence electrons. The van der Waals surface area contributed by atoms with Crippen LogP contribution in [0, 0.1) is 0 Å². The summed E-state index contributed by atoms with van der Waals surface area (Å²) in [6.07, 6.45) is 0.628. The van der Waals surface area contributed by atoms with Crippen LogP contribution in [0.3, 0.4) is 0 Å². The number of nitrogens with two attached hydrogens (primary N) is 1. The molecule has 0 saturated carbocycles. The van der Waals surface area contributed by atoms with E-state index >= 15 is 0 Å². The van der Waals surface area contributed by atoms with E-state index in [4.69, 9.17) is 10.5 Å². The normalized spacial score (nSPS) is 11.5. The summed E-state index contributed by atoms with van der Waals surface area (Å²) in [4.78, 5) is 0.236. The highest BCUT2D eigenvalue weighted by atomic mass is 32.2. The molecule has 6 heteroatoms. The van der Waals surface area contributed by atoms with Gasteiger partial charge in [-0.05, 0) is 31.0 Å². The van der Waals surface area contributed by atoms with Crippen LogP contribution in [0.4, 0.5) is 5.69 Å². The SMILES string of the molecule is C=C(C)COCCNS(=O)(=O)c1cc(N)ccc1CC. The molecule has 0 aliphatic rings. The van der Waals surface area contributed by atoms with Gasteiger partial charge in [0.1, 0.15) is 0 Å². The van der Waals surface area contributed by atoms with E-state index in [0.717, 1.165) is 11.1 Å². The van der Waals surface area contributed by atoms with Crippen LogP contribution in [-0.2, 0) is 21.2 Å². The number of hydrogen-bond acceptors (Lipinski definition) is 4. The summed E-state index contributed by atoms with van der Waals surface area (Å²) < 4.78 is 32.2. The van der Waals surface area contributed by atoms with Gasteiger partial charge in [0.05, 0.1) is 18.1 Å². The third-order valence-corrected chi connectivity index (χ3v) is 4.19. The second-order valence-electron chi connectivity index (χ2n) is 4.63. The Morgan fingerprint density at radius 1 is 1.45 bits per heavy atom. The first kappa shape index (κ1) is 16.7. The average molecular weight is 298 g/mol. The molecule has 0 heterocycles. The second-order valence-corrected chi connectivity index (χ2v) is 6.36. The number of nitrogen functional groups attached to an aromatic ring is 1. The molecule has 0 aromatic heterocycles. The molecular formula is C14H22N2O3S. The van der Waals surface area contributed by atoms with Crippen molar-refractivity contribution in [3.8, 4) is 0 Å². The van der Waals surface area contributed by atoms with Crippen molar-refractivity contribution < 1.29 is 13.2 Å². The van der Waals surface area contributed by atoms with Crippen molar-refractivity contribution in [2.75, 3.05) is 25.5 Å². The van der Waals surface area contributed by atoms with E-state index in [1.54, 1.807) is 12.1 Å². The molecule has 0 atom stereocenters. The first-order valence-electron chi connectivity index (χ1n) is 6.47.